The Morgan fingerprint density at radius 3 is 2.18 bits per heavy atom. The summed E-state index contributed by atoms with van der Waals surface area (Å²) in [5.41, 5.74) is 3.79. The third-order valence-electron chi connectivity index (χ3n) is 11.3. The Morgan fingerprint density at radius 2 is 1.62 bits per heavy atom. The summed E-state index contributed by atoms with van der Waals surface area (Å²) in [5.74, 6) is -3.35. The summed E-state index contributed by atoms with van der Waals surface area (Å²) >= 11 is 0. The second kappa shape index (κ2) is 13.8. The molecule has 3 saturated carbocycles. The van der Waals surface area contributed by atoms with Gasteiger partial charge < -0.3 is 31.7 Å². The van der Waals surface area contributed by atoms with Gasteiger partial charge in [0.2, 0.25) is 17.6 Å². The van der Waals surface area contributed by atoms with E-state index in [1.807, 2.05) is 13.8 Å². The number of rotatable bonds is 13. The average Bonchev–Trinajstić information content (AvgIpc) is 3.86. The minimum Gasteiger partial charge on any atom is -0.508 e. The molecule has 3 aliphatic carbocycles. The number of primary amides is 1. The van der Waals surface area contributed by atoms with Crippen molar-refractivity contribution in [2.24, 2.45) is 34.3 Å². The van der Waals surface area contributed by atoms with Crippen molar-refractivity contribution in [3.63, 3.8) is 0 Å². The molecule has 50 heavy (non-hydrogen) atoms. The first kappa shape index (κ1) is 37.6. The van der Waals surface area contributed by atoms with Crippen LogP contribution in [0.2, 0.25) is 0 Å². The highest BCUT2D eigenvalue weighted by Gasteiger charge is 2.70. The second-order valence-corrected chi connectivity index (χ2v) is 18.9. The Kier molecular flexibility index (Phi) is 10.4. The number of carbonyl (C=O) groups excluding carboxylic acids is 5. The number of ketones is 1. The summed E-state index contributed by atoms with van der Waals surface area (Å²) in [7, 11) is -3.69. The standard InChI is InChI=1S/C36H53N5O8S/c1-34(2,3)29(39-33(47)40-36(15-7-6-8-16-36)20-50(48,49)19-22-11-13-23(42)14-12-22)32(46)41-18-24-26(35(24,4)5)27(41)31(45)38-25(17-21-9-10-21)28(43)30(37)44/h11-14,21,24-27,29,42H,6-10,15-20H2,1-5H3,(H2,37,44)(H,38,45)(H2,39,40,47)/t24?,25?,26?,27-,29+/m0/s1. The van der Waals surface area contributed by atoms with Crippen LogP contribution in [-0.2, 0) is 34.8 Å². The van der Waals surface area contributed by atoms with Crippen LogP contribution in [0.1, 0.15) is 91.5 Å². The van der Waals surface area contributed by atoms with Crippen LogP contribution < -0.4 is 21.7 Å². The molecule has 0 spiro atoms. The van der Waals surface area contributed by atoms with Crippen LogP contribution in [0, 0.1) is 28.6 Å². The molecule has 1 aliphatic heterocycles. The van der Waals surface area contributed by atoms with E-state index in [1.165, 1.54) is 17.0 Å². The topological polar surface area (TPSA) is 205 Å². The summed E-state index contributed by atoms with van der Waals surface area (Å²) in [5, 5.41) is 18.2. The van der Waals surface area contributed by atoms with Gasteiger partial charge in [0.05, 0.1) is 23.1 Å². The van der Waals surface area contributed by atoms with Gasteiger partial charge in [0.15, 0.2) is 9.84 Å². The lowest BCUT2D eigenvalue weighted by Crippen LogP contribution is -2.64. The van der Waals surface area contributed by atoms with E-state index in [2.05, 4.69) is 16.0 Å². The van der Waals surface area contributed by atoms with E-state index in [-0.39, 0.29) is 40.4 Å². The van der Waals surface area contributed by atoms with Gasteiger partial charge in [-0.2, -0.15) is 0 Å². The number of aromatic hydroxyl groups is 1. The number of carbonyl (C=O) groups is 5. The number of nitrogens with one attached hydrogen (secondary N) is 3. The normalized spacial score (nSPS) is 25.1. The van der Waals surface area contributed by atoms with Crippen molar-refractivity contribution >= 4 is 39.4 Å². The summed E-state index contributed by atoms with van der Waals surface area (Å²) < 4.78 is 26.9. The lowest BCUT2D eigenvalue weighted by Gasteiger charge is -2.40. The number of urea groups is 1. The zero-order chi connectivity index (χ0) is 36.8. The van der Waals surface area contributed by atoms with Crippen molar-refractivity contribution in [2.45, 2.75) is 115 Å². The van der Waals surface area contributed by atoms with Crippen molar-refractivity contribution in [3.8, 4) is 5.75 Å². The lowest BCUT2D eigenvalue weighted by atomic mass is 9.83. The van der Waals surface area contributed by atoms with Crippen LogP contribution >= 0.6 is 0 Å². The Hall–Kier alpha value is -3.68. The number of nitrogens with two attached hydrogens (primary N) is 1. The number of amides is 5. The quantitative estimate of drug-likeness (QED) is 0.192. The third kappa shape index (κ3) is 8.43. The maximum atomic E-state index is 14.4. The highest BCUT2D eigenvalue weighted by atomic mass is 32.2. The molecular formula is C36H53N5O8S. The van der Waals surface area contributed by atoms with Gasteiger partial charge in [-0.25, -0.2) is 13.2 Å². The first-order valence-corrected chi connectivity index (χ1v) is 19.6. The Balaban J connectivity index is 1.32. The monoisotopic (exact) mass is 715 g/mol. The zero-order valence-corrected chi connectivity index (χ0v) is 30.6. The van der Waals surface area contributed by atoms with Gasteiger partial charge in [-0.3, -0.25) is 19.2 Å². The molecule has 14 heteroatoms. The minimum absolute atomic E-state index is 0.0359. The predicted molar refractivity (Wildman–Crippen MR) is 186 cm³/mol. The van der Waals surface area contributed by atoms with Crippen molar-refractivity contribution in [1.29, 1.82) is 0 Å². The number of hydrogen-bond acceptors (Lipinski definition) is 8. The fraction of sp³-hybridized carbons (Fsp3) is 0.694. The Morgan fingerprint density at radius 1 is 1.00 bits per heavy atom. The number of phenolic OH excluding ortho intramolecular Hbond substituents is 1. The highest BCUT2D eigenvalue weighted by molar-refractivity contribution is 7.90. The number of benzene rings is 1. The van der Waals surface area contributed by atoms with Crippen molar-refractivity contribution in [2.75, 3.05) is 12.3 Å². The molecule has 4 aliphatic rings. The minimum atomic E-state index is -3.69. The maximum Gasteiger partial charge on any atom is 0.315 e. The number of likely N-dealkylation sites (tertiary alicyclic amines) is 1. The van der Waals surface area contributed by atoms with Gasteiger partial charge in [-0.1, -0.05) is 78.9 Å². The molecule has 0 radical (unpaired) electrons. The molecule has 0 aromatic heterocycles. The maximum absolute atomic E-state index is 14.4. The molecule has 6 N–H and O–H groups in total. The van der Waals surface area contributed by atoms with E-state index in [1.54, 1.807) is 32.9 Å². The first-order chi connectivity index (χ1) is 23.2. The molecule has 4 fully saturated rings. The van der Waals surface area contributed by atoms with Crippen LogP contribution in [0.15, 0.2) is 24.3 Å². The molecule has 5 atom stereocenters. The van der Waals surface area contributed by atoms with E-state index >= 15 is 0 Å². The van der Waals surface area contributed by atoms with Crippen molar-refractivity contribution in [1.82, 2.24) is 20.9 Å². The fourth-order valence-corrected chi connectivity index (χ4v) is 10.2. The summed E-state index contributed by atoms with van der Waals surface area (Å²) in [4.78, 5) is 68.1. The largest absolute Gasteiger partial charge is 0.508 e. The van der Waals surface area contributed by atoms with Gasteiger partial charge in [0, 0.05) is 6.54 Å². The third-order valence-corrected chi connectivity index (χ3v) is 13.1. The molecule has 1 aromatic rings. The van der Waals surface area contributed by atoms with Gasteiger partial charge in [0.25, 0.3) is 5.91 Å². The summed E-state index contributed by atoms with van der Waals surface area (Å²) in [6.45, 7) is 9.78. The number of piperidine rings is 1. The van der Waals surface area contributed by atoms with E-state index < -0.39 is 68.5 Å². The number of Topliss-reactive ketones (excluding diaryl/α,β-unsaturated/α-hetero) is 1. The number of hydrogen-bond donors (Lipinski definition) is 5. The fourth-order valence-electron chi connectivity index (χ4n) is 8.24. The summed E-state index contributed by atoms with van der Waals surface area (Å²) in [6.07, 6.45) is 5.41. The molecule has 1 heterocycles. The van der Waals surface area contributed by atoms with Crippen LogP contribution in [0.5, 0.6) is 5.75 Å². The lowest BCUT2D eigenvalue weighted by molar-refractivity contribution is -0.145. The zero-order valence-electron chi connectivity index (χ0n) is 29.8. The average molecular weight is 716 g/mol. The number of fused-ring (bicyclic) bond motifs is 1. The number of sulfone groups is 1. The molecule has 3 unspecified atom stereocenters. The molecule has 13 nitrogen and oxygen atoms in total. The molecule has 276 valence electrons. The molecule has 0 bridgehead atoms. The van der Waals surface area contributed by atoms with Crippen molar-refractivity contribution < 1.29 is 37.5 Å². The first-order valence-electron chi connectivity index (χ1n) is 17.7. The summed E-state index contributed by atoms with van der Waals surface area (Å²) in [6, 6.07) is 2.27. The number of phenols is 1. The van der Waals surface area contributed by atoms with Crippen LogP contribution in [-0.4, -0.2) is 83.9 Å². The van der Waals surface area contributed by atoms with E-state index in [0.717, 1.165) is 32.1 Å². The van der Waals surface area contributed by atoms with Gasteiger partial charge in [-0.05, 0) is 65.5 Å². The van der Waals surface area contributed by atoms with Crippen LogP contribution in [0.25, 0.3) is 0 Å². The predicted octanol–water partition coefficient (Wildman–Crippen LogP) is 2.55. The Bertz CT molecular complexity index is 1610. The molecule has 1 saturated heterocycles. The Labute approximate surface area is 294 Å². The van der Waals surface area contributed by atoms with Gasteiger partial charge in [-0.15, -0.1) is 0 Å². The second-order valence-electron chi connectivity index (χ2n) is 16.8. The SMILES string of the molecule is CC1(C)C2CN(C(=O)[C@@H](NC(=O)NC3(CS(=O)(=O)Cc4ccc(O)cc4)CCCCC3)C(C)(C)C)[C@H](C(=O)NC(CC3CC3)C(=O)C(N)=O)C21. The van der Waals surface area contributed by atoms with Crippen molar-refractivity contribution in [3.05, 3.63) is 29.8 Å². The van der Waals surface area contributed by atoms with E-state index in [0.29, 0.717) is 31.4 Å². The van der Waals surface area contributed by atoms with E-state index in [4.69, 9.17) is 5.73 Å². The molecule has 5 rings (SSSR count). The smallest absolute Gasteiger partial charge is 0.315 e. The number of nitrogens with zero attached hydrogens (tertiary/aromatic N) is 1. The highest BCUT2D eigenvalue weighted by Crippen LogP contribution is 2.65. The van der Waals surface area contributed by atoms with Crippen LogP contribution in [0.4, 0.5) is 4.79 Å². The van der Waals surface area contributed by atoms with E-state index in [9.17, 15) is 37.5 Å². The molecule has 1 aromatic carbocycles. The molecule has 5 amide bonds. The van der Waals surface area contributed by atoms with Gasteiger partial charge in [0.1, 0.15) is 17.8 Å². The molecular weight excluding hydrogens is 662 g/mol. The van der Waals surface area contributed by atoms with Crippen LogP contribution in [0.3, 0.4) is 0 Å². The van der Waals surface area contributed by atoms with Gasteiger partial charge >= 0.3 is 6.03 Å².